The second-order valence-electron chi connectivity index (χ2n) is 4.57. The SMILES string of the molecule is Cc1ncc(CNc2cccnc2-n2ccnc2C)[nH]1. The quantitative estimate of drug-likeness (QED) is 0.761. The van der Waals surface area contributed by atoms with Crippen molar-refractivity contribution in [2.45, 2.75) is 20.4 Å². The van der Waals surface area contributed by atoms with Gasteiger partial charge in [-0.3, -0.25) is 4.57 Å². The molecule has 0 saturated carbocycles. The summed E-state index contributed by atoms with van der Waals surface area (Å²) in [5.74, 6) is 2.67. The van der Waals surface area contributed by atoms with Gasteiger partial charge < -0.3 is 10.3 Å². The largest absolute Gasteiger partial charge is 0.376 e. The van der Waals surface area contributed by atoms with Gasteiger partial charge in [0.15, 0.2) is 5.82 Å². The monoisotopic (exact) mass is 268 g/mol. The molecule has 3 rings (SSSR count). The first-order chi connectivity index (χ1) is 9.74. The van der Waals surface area contributed by atoms with Crippen LogP contribution < -0.4 is 5.32 Å². The molecule has 3 heterocycles. The van der Waals surface area contributed by atoms with Gasteiger partial charge in [0.05, 0.1) is 24.1 Å². The summed E-state index contributed by atoms with van der Waals surface area (Å²) in [4.78, 5) is 16.1. The van der Waals surface area contributed by atoms with Gasteiger partial charge in [0.2, 0.25) is 0 Å². The number of hydrogen-bond acceptors (Lipinski definition) is 4. The molecule has 0 aliphatic rings. The molecule has 0 atom stereocenters. The molecule has 2 N–H and O–H groups in total. The normalized spacial score (nSPS) is 10.7. The molecule has 0 fully saturated rings. The number of rotatable bonds is 4. The number of anilines is 1. The van der Waals surface area contributed by atoms with Crippen LogP contribution in [0.2, 0.25) is 0 Å². The zero-order valence-electron chi connectivity index (χ0n) is 11.5. The first kappa shape index (κ1) is 12.4. The van der Waals surface area contributed by atoms with E-state index in [2.05, 4.69) is 25.3 Å². The van der Waals surface area contributed by atoms with E-state index in [9.17, 15) is 0 Å². The van der Waals surface area contributed by atoms with E-state index in [1.165, 1.54) is 0 Å². The number of pyridine rings is 1. The van der Waals surface area contributed by atoms with Gasteiger partial charge in [-0.2, -0.15) is 0 Å². The molecular formula is C14H16N6. The Balaban J connectivity index is 1.85. The molecule has 6 heteroatoms. The Morgan fingerprint density at radius 2 is 2.10 bits per heavy atom. The Morgan fingerprint density at radius 1 is 1.20 bits per heavy atom. The minimum absolute atomic E-state index is 0.674. The van der Waals surface area contributed by atoms with E-state index in [-0.39, 0.29) is 0 Å². The average molecular weight is 268 g/mol. The fourth-order valence-electron chi connectivity index (χ4n) is 2.08. The zero-order chi connectivity index (χ0) is 13.9. The van der Waals surface area contributed by atoms with Crippen LogP contribution in [-0.2, 0) is 6.54 Å². The summed E-state index contributed by atoms with van der Waals surface area (Å²) >= 11 is 0. The van der Waals surface area contributed by atoms with Crippen molar-refractivity contribution in [3.63, 3.8) is 0 Å². The second kappa shape index (κ2) is 5.16. The van der Waals surface area contributed by atoms with Crippen molar-refractivity contribution in [2.75, 3.05) is 5.32 Å². The Bertz CT molecular complexity index is 712. The van der Waals surface area contributed by atoms with Gasteiger partial charge in [-0.1, -0.05) is 0 Å². The molecular weight excluding hydrogens is 252 g/mol. The van der Waals surface area contributed by atoms with Crippen LogP contribution in [0.15, 0.2) is 36.9 Å². The van der Waals surface area contributed by atoms with Crippen molar-refractivity contribution in [1.29, 1.82) is 0 Å². The van der Waals surface area contributed by atoms with E-state index in [1.54, 1.807) is 12.4 Å². The number of aromatic amines is 1. The molecule has 0 aliphatic heterocycles. The molecule has 0 aliphatic carbocycles. The van der Waals surface area contributed by atoms with Crippen molar-refractivity contribution in [3.05, 3.63) is 54.3 Å². The number of imidazole rings is 2. The van der Waals surface area contributed by atoms with Gasteiger partial charge in [-0.25, -0.2) is 15.0 Å². The molecule has 3 aromatic heterocycles. The molecule has 0 radical (unpaired) electrons. The van der Waals surface area contributed by atoms with Gasteiger partial charge >= 0.3 is 0 Å². The summed E-state index contributed by atoms with van der Waals surface area (Å²) in [6.45, 7) is 4.57. The zero-order valence-corrected chi connectivity index (χ0v) is 11.5. The summed E-state index contributed by atoms with van der Waals surface area (Å²) < 4.78 is 1.96. The van der Waals surface area contributed by atoms with Crippen LogP contribution in [0, 0.1) is 13.8 Å². The lowest BCUT2D eigenvalue weighted by atomic mass is 10.3. The number of hydrogen-bond donors (Lipinski definition) is 2. The Morgan fingerprint density at radius 3 is 2.80 bits per heavy atom. The first-order valence-corrected chi connectivity index (χ1v) is 6.44. The molecule has 0 aromatic carbocycles. The van der Waals surface area contributed by atoms with Crippen molar-refractivity contribution in [3.8, 4) is 5.82 Å². The van der Waals surface area contributed by atoms with Crippen molar-refractivity contribution in [1.82, 2.24) is 24.5 Å². The molecule has 0 unspecified atom stereocenters. The summed E-state index contributed by atoms with van der Waals surface area (Å²) in [7, 11) is 0. The van der Waals surface area contributed by atoms with E-state index in [1.807, 2.05) is 42.9 Å². The predicted molar refractivity (Wildman–Crippen MR) is 76.7 cm³/mol. The van der Waals surface area contributed by atoms with Gasteiger partial charge in [0, 0.05) is 18.6 Å². The van der Waals surface area contributed by atoms with Crippen LogP contribution in [0.5, 0.6) is 0 Å². The van der Waals surface area contributed by atoms with Crippen LogP contribution >= 0.6 is 0 Å². The minimum Gasteiger partial charge on any atom is -0.376 e. The highest BCUT2D eigenvalue weighted by molar-refractivity contribution is 5.57. The van der Waals surface area contributed by atoms with Crippen LogP contribution in [0.3, 0.4) is 0 Å². The lowest BCUT2D eigenvalue weighted by molar-refractivity contribution is 0.927. The average Bonchev–Trinajstić information content (AvgIpc) is 3.05. The molecule has 0 spiro atoms. The van der Waals surface area contributed by atoms with E-state index in [4.69, 9.17) is 0 Å². The minimum atomic E-state index is 0.674. The van der Waals surface area contributed by atoms with Crippen molar-refractivity contribution < 1.29 is 0 Å². The summed E-state index contributed by atoms with van der Waals surface area (Å²) in [6.07, 6.45) is 7.29. The molecule has 3 aromatic rings. The van der Waals surface area contributed by atoms with E-state index in [0.29, 0.717) is 6.54 Å². The lowest BCUT2D eigenvalue weighted by Gasteiger charge is -2.11. The van der Waals surface area contributed by atoms with E-state index < -0.39 is 0 Å². The molecule has 0 amide bonds. The summed E-state index contributed by atoms with van der Waals surface area (Å²) in [5, 5.41) is 3.38. The number of aromatic nitrogens is 5. The second-order valence-corrected chi connectivity index (χ2v) is 4.57. The third-order valence-corrected chi connectivity index (χ3v) is 3.07. The summed E-state index contributed by atoms with van der Waals surface area (Å²) in [5.41, 5.74) is 2.00. The molecule has 0 saturated heterocycles. The molecule has 102 valence electrons. The maximum atomic E-state index is 4.43. The Kier molecular flexibility index (Phi) is 3.20. The Labute approximate surface area is 116 Å². The standard InChI is InChI=1S/C14H16N6/c1-10-17-8-12(19-10)9-18-13-4-3-5-16-14(13)20-7-6-15-11(20)2/h3-8,18H,9H2,1-2H3,(H,17,19). The highest BCUT2D eigenvalue weighted by Crippen LogP contribution is 2.19. The first-order valence-electron chi connectivity index (χ1n) is 6.44. The fourth-order valence-corrected chi connectivity index (χ4v) is 2.08. The summed E-state index contributed by atoms with van der Waals surface area (Å²) in [6, 6.07) is 3.92. The smallest absolute Gasteiger partial charge is 0.161 e. The number of H-pyrrole nitrogens is 1. The molecule has 0 bridgehead atoms. The van der Waals surface area contributed by atoms with Crippen LogP contribution in [0.1, 0.15) is 17.3 Å². The van der Waals surface area contributed by atoms with Crippen molar-refractivity contribution in [2.24, 2.45) is 0 Å². The van der Waals surface area contributed by atoms with E-state index >= 15 is 0 Å². The predicted octanol–water partition coefficient (Wildman–Crippen LogP) is 2.22. The lowest BCUT2D eigenvalue weighted by Crippen LogP contribution is -2.07. The van der Waals surface area contributed by atoms with Gasteiger partial charge in [-0.15, -0.1) is 0 Å². The molecule has 20 heavy (non-hydrogen) atoms. The highest BCUT2D eigenvalue weighted by atomic mass is 15.1. The van der Waals surface area contributed by atoms with Crippen LogP contribution in [0.4, 0.5) is 5.69 Å². The van der Waals surface area contributed by atoms with Crippen LogP contribution in [-0.4, -0.2) is 24.5 Å². The number of nitrogens with one attached hydrogen (secondary N) is 2. The topological polar surface area (TPSA) is 71.4 Å². The Hall–Kier alpha value is -2.63. The van der Waals surface area contributed by atoms with E-state index in [0.717, 1.165) is 28.8 Å². The van der Waals surface area contributed by atoms with Crippen molar-refractivity contribution >= 4 is 5.69 Å². The van der Waals surface area contributed by atoms with Gasteiger partial charge in [-0.05, 0) is 26.0 Å². The maximum absolute atomic E-state index is 4.43. The highest BCUT2D eigenvalue weighted by Gasteiger charge is 2.08. The molecule has 6 nitrogen and oxygen atoms in total. The van der Waals surface area contributed by atoms with Crippen LogP contribution in [0.25, 0.3) is 5.82 Å². The maximum Gasteiger partial charge on any atom is 0.161 e. The number of nitrogens with zero attached hydrogens (tertiary/aromatic N) is 4. The van der Waals surface area contributed by atoms with Gasteiger partial charge in [0.1, 0.15) is 11.6 Å². The number of aryl methyl sites for hydroxylation is 2. The third-order valence-electron chi connectivity index (χ3n) is 3.07. The fraction of sp³-hybridized carbons (Fsp3) is 0.214. The third kappa shape index (κ3) is 2.40. The van der Waals surface area contributed by atoms with Gasteiger partial charge in [0.25, 0.3) is 0 Å².